The lowest BCUT2D eigenvalue weighted by molar-refractivity contribution is 0.417. The molecule has 0 atom stereocenters. The molecule has 0 spiro atoms. The van der Waals surface area contributed by atoms with E-state index < -0.39 is 0 Å². The maximum Gasteiger partial charge on any atom is 0.131 e. The lowest BCUT2D eigenvalue weighted by atomic mass is 9.94. The summed E-state index contributed by atoms with van der Waals surface area (Å²) in [5.41, 5.74) is 2.05. The van der Waals surface area contributed by atoms with E-state index in [1.807, 2.05) is 49.4 Å². The van der Waals surface area contributed by atoms with E-state index >= 15 is 0 Å². The molecule has 0 aliphatic carbocycles. The Morgan fingerprint density at radius 3 is 1.74 bits per heavy atom. The Balaban J connectivity index is 2.10. The van der Waals surface area contributed by atoms with E-state index in [1.54, 1.807) is 26.4 Å². The average molecular weight is 360 g/mol. The molecule has 0 amide bonds. The number of aryl methyl sites for hydroxylation is 1. The number of methoxy groups -OCH3 is 2. The average Bonchev–Trinajstić information content (AvgIpc) is 2.69. The molecule has 4 heteroatoms. The molecule has 4 aromatic carbocycles. The zero-order valence-corrected chi connectivity index (χ0v) is 15.4. The van der Waals surface area contributed by atoms with E-state index in [2.05, 4.69) is 0 Å². The van der Waals surface area contributed by atoms with Gasteiger partial charge in [-0.15, -0.1) is 0 Å². The molecule has 0 radical (unpaired) electrons. The molecule has 0 saturated carbocycles. The summed E-state index contributed by atoms with van der Waals surface area (Å²) in [5.74, 6) is 1.45. The predicted molar refractivity (Wildman–Crippen MR) is 108 cm³/mol. The minimum Gasteiger partial charge on any atom is -0.507 e. The van der Waals surface area contributed by atoms with E-state index in [0.717, 1.165) is 16.3 Å². The number of phenols is 2. The minimum absolute atomic E-state index is 0.0928. The first kappa shape index (κ1) is 17.0. The second-order valence-corrected chi connectivity index (χ2v) is 6.54. The van der Waals surface area contributed by atoms with Crippen LogP contribution in [0.3, 0.4) is 0 Å². The van der Waals surface area contributed by atoms with Crippen molar-refractivity contribution in [3.8, 4) is 34.1 Å². The first-order valence-electron chi connectivity index (χ1n) is 8.64. The molecular weight excluding hydrogens is 340 g/mol. The SMILES string of the molecule is COc1cc(-c2cc(OC)c3cc(C)ccc3c2O)c(O)c2ccccc12. The molecule has 0 heterocycles. The summed E-state index contributed by atoms with van der Waals surface area (Å²) in [6.07, 6.45) is 0. The fourth-order valence-electron chi connectivity index (χ4n) is 3.57. The lowest BCUT2D eigenvalue weighted by Crippen LogP contribution is -1.92. The first-order chi connectivity index (χ1) is 13.0. The number of benzene rings is 4. The summed E-state index contributed by atoms with van der Waals surface area (Å²) < 4.78 is 11.1. The van der Waals surface area contributed by atoms with Gasteiger partial charge in [0.2, 0.25) is 0 Å². The van der Waals surface area contributed by atoms with Crippen LogP contribution in [0.25, 0.3) is 32.7 Å². The highest BCUT2D eigenvalue weighted by Crippen LogP contribution is 2.47. The number of hydrogen-bond acceptors (Lipinski definition) is 4. The highest BCUT2D eigenvalue weighted by Gasteiger charge is 2.19. The molecule has 4 rings (SSSR count). The molecule has 0 aliphatic heterocycles. The molecule has 4 aromatic rings. The van der Waals surface area contributed by atoms with Crippen molar-refractivity contribution in [1.29, 1.82) is 0 Å². The van der Waals surface area contributed by atoms with Gasteiger partial charge in [-0.25, -0.2) is 0 Å². The van der Waals surface area contributed by atoms with E-state index in [4.69, 9.17) is 9.47 Å². The van der Waals surface area contributed by atoms with Crippen LogP contribution in [0.5, 0.6) is 23.0 Å². The molecule has 27 heavy (non-hydrogen) atoms. The monoisotopic (exact) mass is 360 g/mol. The van der Waals surface area contributed by atoms with Gasteiger partial charge in [0.05, 0.1) is 14.2 Å². The molecule has 136 valence electrons. The Morgan fingerprint density at radius 2 is 1.15 bits per heavy atom. The van der Waals surface area contributed by atoms with E-state index in [1.165, 1.54) is 0 Å². The summed E-state index contributed by atoms with van der Waals surface area (Å²) in [6, 6.07) is 16.7. The number of fused-ring (bicyclic) bond motifs is 2. The molecule has 2 N–H and O–H groups in total. The molecular formula is C23H20O4. The third-order valence-corrected chi connectivity index (χ3v) is 4.93. The highest BCUT2D eigenvalue weighted by molar-refractivity contribution is 6.04. The van der Waals surface area contributed by atoms with Crippen LogP contribution in [0.4, 0.5) is 0 Å². The number of aromatic hydroxyl groups is 2. The van der Waals surface area contributed by atoms with Crippen LogP contribution in [-0.4, -0.2) is 24.4 Å². The van der Waals surface area contributed by atoms with Gasteiger partial charge in [0.15, 0.2) is 0 Å². The van der Waals surface area contributed by atoms with Gasteiger partial charge in [-0.05, 0) is 25.1 Å². The highest BCUT2D eigenvalue weighted by atomic mass is 16.5. The van der Waals surface area contributed by atoms with Crippen molar-refractivity contribution in [2.24, 2.45) is 0 Å². The van der Waals surface area contributed by atoms with Gasteiger partial charge in [0, 0.05) is 32.7 Å². The summed E-state index contributed by atoms with van der Waals surface area (Å²) in [6.45, 7) is 1.99. The Hall–Kier alpha value is -3.40. The van der Waals surface area contributed by atoms with Crippen molar-refractivity contribution in [1.82, 2.24) is 0 Å². The van der Waals surface area contributed by atoms with Gasteiger partial charge in [0.1, 0.15) is 23.0 Å². The van der Waals surface area contributed by atoms with Gasteiger partial charge < -0.3 is 19.7 Å². The third kappa shape index (κ3) is 2.61. The lowest BCUT2D eigenvalue weighted by Gasteiger charge is -2.16. The molecule has 0 bridgehead atoms. The summed E-state index contributed by atoms with van der Waals surface area (Å²) in [5, 5.41) is 24.8. The third-order valence-electron chi connectivity index (χ3n) is 4.93. The number of phenolic OH excluding ortho intramolecular Hbond substituents is 2. The van der Waals surface area contributed by atoms with Gasteiger partial charge in [-0.3, -0.25) is 0 Å². The molecule has 0 saturated heterocycles. The Kier molecular flexibility index (Phi) is 4.04. The first-order valence-corrected chi connectivity index (χ1v) is 8.64. The normalized spacial score (nSPS) is 11.1. The number of rotatable bonds is 3. The standard InChI is InChI=1S/C23H20O4/c1-13-8-9-16-17(10-13)21(27-3)12-19(23(16)25)18-11-20(26-2)14-6-4-5-7-15(14)22(18)24/h4-12,24-25H,1-3H3. The van der Waals surface area contributed by atoms with Crippen LogP contribution in [0.2, 0.25) is 0 Å². The fraction of sp³-hybridized carbons (Fsp3) is 0.130. The maximum atomic E-state index is 11.0. The topological polar surface area (TPSA) is 58.9 Å². The quantitative estimate of drug-likeness (QED) is 0.514. The molecule has 0 fully saturated rings. The largest absolute Gasteiger partial charge is 0.507 e. The number of ether oxygens (including phenoxy) is 2. The van der Waals surface area contributed by atoms with Gasteiger partial charge in [-0.2, -0.15) is 0 Å². The van der Waals surface area contributed by atoms with E-state index in [9.17, 15) is 10.2 Å². The van der Waals surface area contributed by atoms with E-state index in [0.29, 0.717) is 33.4 Å². The molecule has 0 aromatic heterocycles. The Bertz CT molecular complexity index is 1180. The van der Waals surface area contributed by atoms with Crippen molar-refractivity contribution < 1.29 is 19.7 Å². The van der Waals surface area contributed by atoms with Crippen molar-refractivity contribution in [3.63, 3.8) is 0 Å². The maximum absolute atomic E-state index is 11.0. The minimum atomic E-state index is 0.0928. The second kappa shape index (κ2) is 6.40. The summed E-state index contributed by atoms with van der Waals surface area (Å²) in [7, 11) is 3.19. The van der Waals surface area contributed by atoms with Gasteiger partial charge in [-0.1, -0.05) is 42.0 Å². The predicted octanol–water partition coefficient (Wildman–Crippen LogP) is 5.40. The van der Waals surface area contributed by atoms with Crippen molar-refractivity contribution in [2.45, 2.75) is 6.92 Å². The summed E-state index contributed by atoms with van der Waals surface area (Å²) >= 11 is 0. The van der Waals surface area contributed by atoms with E-state index in [-0.39, 0.29) is 11.5 Å². The fourth-order valence-corrected chi connectivity index (χ4v) is 3.57. The van der Waals surface area contributed by atoms with Crippen LogP contribution in [0.15, 0.2) is 54.6 Å². The van der Waals surface area contributed by atoms with Crippen LogP contribution in [-0.2, 0) is 0 Å². The Morgan fingerprint density at radius 1 is 0.630 bits per heavy atom. The van der Waals surface area contributed by atoms with Crippen LogP contribution in [0, 0.1) is 6.92 Å². The number of hydrogen-bond donors (Lipinski definition) is 2. The van der Waals surface area contributed by atoms with Crippen molar-refractivity contribution >= 4 is 21.5 Å². The van der Waals surface area contributed by atoms with Crippen LogP contribution >= 0.6 is 0 Å². The van der Waals surface area contributed by atoms with Crippen molar-refractivity contribution in [2.75, 3.05) is 14.2 Å². The summed E-state index contributed by atoms with van der Waals surface area (Å²) in [4.78, 5) is 0. The zero-order valence-electron chi connectivity index (χ0n) is 15.4. The molecule has 0 aliphatic rings. The second-order valence-electron chi connectivity index (χ2n) is 6.54. The van der Waals surface area contributed by atoms with Gasteiger partial charge >= 0.3 is 0 Å². The van der Waals surface area contributed by atoms with Crippen LogP contribution in [0.1, 0.15) is 5.56 Å². The van der Waals surface area contributed by atoms with Crippen LogP contribution < -0.4 is 9.47 Å². The van der Waals surface area contributed by atoms with Gasteiger partial charge in [0.25, 0.3) is 0 Å². The smallest absolute Gasteiger partial charge is 0.131 e. The van der Waals surface area contributed by atoms with Crippen molar-refractivity contribution in [3.05, 3.63) is 60.2 Å². The molecule has 4 nitrogen and oxygen atoms in total. The zero-order chi connectivity index (χ0) is 19.1. The molecule has 0 unspecified atom stereocenters. The Labute approximate surface area is 157 Å².